The quantitative estimate of drug-likeness (QED) is 0.920. The Kier molecular flexibility index (Phi) is 4.89. The van der Waals surface area contributed by atoms with E-state index in [4.69, 9.17) is 9.15 Å². The van der Waals surface area contributed by atoms with Crippen LogP contribution < -0.4 is 5.32 Å². The molecule has 2 rings (SSSR count). The van der Waals surface area contributed by atoms with Crippen molar-refractivity contribution in [3.8, 4) is 0 Å². The largest absolute Gasteiger partial charge is 0.463 e. The van der Waals surface area contributed by atoms with Gasteiger partial charge in [-0.2, -0.15) is 0 Å². The molecule has 0 aliphatic carbocycles. The van der Waals surface area contributed by atoms with Gasteiger partial charge >= 0.3 is 0 Å². The van der Waals surface area contributed by atoms with Crippen molar-refractivity contribution in [2.24, 2.45) is 0 Å². The van der Waals surface area contributed by atoms with E-state index in [9.17, 15) is 0 Å². The van der Waals surface area contributed by atoms with Gasteiger partial charge in [-0.25, -0.2) is 0 Å². The van der Waals surface area contributed by atoms with E-state index in [1.165, 1.54) is 0 Å². The van der Waals surface area contributed by atoms with Crippen molar-refractivity contribution in [2.75, 3.05) is 13.2 Å². The van der Waals surface area contributed by atoms with Crippen molar-refractivity contribution in [2.45, 2.75) is 65.4 Å². The van der Waals surface area contributed by atoms with Gasteiger partial charge in [-0.05, 0) is 46.8 Å². The molecule has 1 fully saturated rings. The Morgan fingerprint density at radius 3 is 2.65 bits per heavy atom. The molecule has 20 heavy (non-hydrogen) atoms. The van der Waals surface area contributed by atoms with Crippen LogP contribution >= 0.6 is 0 Å². The lowest BCUT2D eigenvalue weighted by Gasteiger charge is -2.36. The molecule has 0 amide bonds. The highest BCUT2D eigenvalue weighted by Gasteiger charge is 2.24. The fraction of sp³-hybridized carbons (Fsp3) is 0.750. The smallest absolute Gasteiger partial charge is 0.118 e. The van der Waals surface area contributed by atoms with Crippen LogP contribution in [-0.2, 0) is 17.8 Å². The highest BCUT2D eigenvalue weighted by Crippen LogP contribution is 2.17. The Morgan fingerprint density at radius 2 is 1.95 bits per heavy atom. The molecule has 2 heterocycles. The first-order valence-corrected chi connectivity index (χ1v) is 7.52. The number of furan rings is 1. The van der Waals surface area contributed by atoms with Crippen molar-refractivity contribution in [3.05, 3.63) is 23.7 Å². The minimum absolute atomic E-state index is 0.112. The molecule has 4 nitrogen and oxygen atoms in total. The highest BCUT2D eigenvalue weighted by atomic mass is 16.5. The summed E-state index contributed by atoms with van der Waals surface area (Å²) in [6.45, 7) is 14.2. The van der Waals surface area contributed by atoms with Crippen LogP contribution in [0.3, 0.4) is 0 Å². The lowest BCUT2D eigenvalue weighted by Crippen LogP contribution is -2.46. The van der Waals surface area contributed by atoms with Gasteiger partial charge in [-0.3, -0.25) is 4.90 Å². The number of hydrogen-bond acceptors (Lipinski definition) is 4. The first-order valence-electron chi connectivity index (χ1n) is 7.52. The Hall–Kier alpha value is -0.840. The molecule has 1 aromatic rings. The van der Waals surface area contributed by atoms with E-state index >= 15 is 0 Å². The first-order chi connectivity index (χ1) is 9.33. The maximum Gasteiger partial charge on any atom is 0.118 e. The molecule has 2 atom stereocenters. The zero-order valence-corrected chi connectivity index (χ0v) is 13.4. The maximum absolute atomic E-state index is 5.92. The van der Waals surface area contributed by atoms with E-state index in [1.807, 2.05) is 0 Å². The zero-order valence-electron chi connectivity index (χ0n) is 13.4. The molecule has 1 saturated heterocycles. The van der Waals surface area contributed by atoms with E-state index < -0.39 is 0 Å². The van der Waals surface area contributed by atoms with Crippen molar-refractivity contribution in [1.29, 1.82) is 0 Å². The lowest BCUT2D eigenvalue weighted by atomic mass is 10.1. The third-order valence-electron chi connectivity index (χ3n) is 3.61. The summed E-state index contributed by atoms with van der Waals surface area (Å²) in [7, 11) is 0. The normalized spacial score (nSPS) is 25.1. The van der Waals surface area contributed by atoms with E-state index in [1.54, 1.807) is 0 Å². The molecule has 1 N–H and O–H groups in total. The Morgan fingerprint density at radius 1 is 1.25 bits per heavy atom. The zero-order chi connectivity index (χ0) is 14.8. The second kappa shape index (κ2) is 6.29. The van der Waals surface area contributed by atoms with Crippen molar-refractivity contribution in [1.82, 2.24) is 10.2 Å². The van der Waals surface area contributed by atoms with Crippen LogP contribution in [0.4, 0.5) is 0 Å². The minimum Gasteiger partial charge on any atom is -0.463 e. The monoisotopic (exact) mass is 280 g/mol. The molecular weight excluding hydrogens is 252 g/mol. The molecule has 0 saturated carbocycles. The lowest BCUT2D eigenvalue weighted by molar-refractivity contribution is -0.0546. The summed E-state index contributed by atoms with van der Waals surface area (Å²) < 4.78 is 11.6. The Bertz CT molecular complexity index is 422. The number of nitrogens with zero attached hydrogens (tertiary/aromatic N) is 1. The molecule has 0 aromatic carbocycles. The van der Waals surface area contributed by atoms with Crippen LogP contribution in [0, 0.1) is 0 Å². The molecule has 0 radical (unpaired) electrons. The van der Waals surface area contributed by atoms with Gasteiger partial charge in [0.1, 0.15) is 11.5 Å². The SMILES string of the molecule is CC1CN(Cc2ccc(CNC(C)(C)C)o2)C(C)CO1. The summed E-state index contributed by atoms with van der Waals surface area (Å²) in [6.07, 6.45) is 0.309. The molecule has 0 spiro atoms. The van der Waals surface area contributed by atoms with E-state index in [0.717, 1.165) is 37.8 Å². The predicted molar refractivity (Wildman–Crippen MR) is 80.6 cm³/mol. The number of hydrogen-bond donors (Lipinski definition) is 1. The van der Waals surface area contributed by atoms with Crippen LogP contribution in [0.1, 0.15) is 46.1 Å². The molecule has 0 bridgehead atoms. The third-order valence-corrected chi connectivity index (χ3v) is 3.61. The third kappa shape index (κ3) is 4.62. The highest BCUT2D eigenvalue weighted by molar-refractivity contribution is 5.07. The van der Waals surface area contributed by atoms with Crippen LogP contribution in [0.15, 0.2) is 16.5 Å². The van der Waals surface area contributed by atoms with Gasteiger partial charge in [-0.1, -0.05) is 0 Å². The first kappa shape index (κ1) is 15.5. The molecule has 114 valence electrons. The van der Waals surface area contributed by atoms with Gasteiger partial charge in [-0.15, -0.1) is 0 Å². The Balaban J connectivity index is 1.89. The molecular formula is C16H28N2O2. The number of rotatable bonds is 4. The van der Waals surface area contributed by atoms with Crippen molar-refractivity contribution >= 4 is 0 Å². The van der Waals surface area contributed by atoms with E-state index in [2.05, 4.69) is 57.0 Å². The summed E-state index contributed by atoms with van der Waals surface area (Å²) in [5.41, 5.74) is 0.112. The summed E-state index contributed by atoms with van der Waals surface area (Å²) in [6, 6.07) is 4.61. The summed E-state index contributed by atoms with van der Waals surface area (Å²) in [5.74, 6) is 2.04. The average molecular weight is 280 g/mol. The topological polar surface area (TPSA) is 37.6 Å². The molecule has 1 aliphatic heterocycles. The van der Waals surface area contributed by atoms with Crippen LogP contribution in [0.25, 0.3) is 0 Å². The van der Waals surface area contributed by atoms with Gasteiger partial charge in [0.15, 0.2) is 0 Å². The fourth-order valence-electron chi connectivity index (χ4n) is 2.35. The second-order valence-electron chi connectivity index (χ2n) is 6.89. The standard InChI is InChI=1S/C16H28N2O2/c1-12-11-19-13(2)9-18(12)10-15-7-6-14(20-15)8-17-16(3,4)5/h6-7,12-13,17H,8-11H2,1-5H3. The molecule has 4 heteroatoms. The fourth-order valence-corrected chi connectivity index (χ4v) is 2.35. The van der Waals surface area contributed by atoms with Gasteiger partial charge < -0.3 is 14.5 Å². The summed E-state index contributed by atoms with van der Waals surface area (Å²) in [5, 5.41) is 3.44. The van der Waals surface area contributed by atoms with Gasteiger partial charge in [0.2, 0.25) is 0 Å². The molecule has 1 aromatic heterocycles. The van der Waals surface area contributed by atoms with Crippen LogP contribution in [-0.4, -0.2) is 35.7 Å². The van der Waals surface area contributed by atoms with Crippen molar-refractivity contribution in [3.63, 3.8) is 0 Å². The summed E-state index contributed by atoms with van der Waals surface area (Å²) >= 11 is 0. The molecule has 2 unspecified atom stereocenters. The van der Waals surface area contributed by atoms with Gasteiger partial charge in [0.05, 0.1) is 25.8 Å². The van der Waals surface area contributed by atoms with Gasteiger partial charge in [0, 0.05) is 18.1 Å². The number of ether oxygens (including phenoxy) is 1. The number of morpholine rings is 1. The minimum atomic E-state index is 0.112. The summed E-state index contributed by atoms with van der Waals surface area (Å²) in [4.78, 5) is 2.42. The maximum atomic E-state index is 5.92. The average Bonchev–Trinajstić information content (AvgIpc) is 2.78. The van der Waals surface area contributed by atoms with E-state index in [0.29, 0.717) is 12.1 Å². The van der Waals surface area contributed by atoms with Crippen molar-refractivity contribution < 1.29 is 9.15 Å². The Labute approximate surface area is 122 Å². The van der Waals surface area contributed by atoms with Crippen LogP contribution in [0.5, 0.6) is 0 Å². The predicted octanol–water partition coefficient (Wildman–Crippen LogP) is 2.78. The molecule has 1 aliphatic rings. The van der Waals surface area contributed by atoms with E-state index in [-0.39, 0.29) is 5.54 Å². The second-order valence-corrected chi connectivity index (χ2v) is 6.89. The number of nitrogens with one attached hydrogen (secondary N) is 1. The van der Waals surface area contributed by atoms with Gasteiger partial charge in [0.25, 0.3) is 0 Å². The van der Waals surface area contributed by atoms with Crippen LogP contribution in [0.2, 0.25) is 0 Å².